The predicted molar refractivity (Wildman–Crippen MR) is 131 cm³/mol. The fraction of sp³-hybridized carbons (Fsp3) is 0.385. The van der Waals surface area contributed by atoms with Crippen molar-refractivity contribution in [2.24, 2.45) is 5.92 Å². The molecular weight excluding hydrogens is 475 g/mol. The zero-order valence-corrected chi connectivity index (χ0v) is 21.0. The van der Waals surface area contributed by atoms with Gasteiger partial charge in [0.1, 0.15) is 16.5 Å². The zero-order valence-electron chi connectivity index (χ0n) is 20.2. The smallest absolute Gasteiger partial charge is 0.416 e. The molecule has 188 valence electrons. The van der Waals surface area contributed by atoms with Crippen molar-refractivity contribution in [3.8, 4) is 5.75 Å². The van der Waals surface area contributed by atoms with Gasteiger partial charge >= 0.3 is 6.18 Å². The molecule has 35 heavy (non-hydrogen) atoms. The fourth-order valence-corrected chi connectivity index (χ4v) is 4.20. The summed E-state index contributed by atoms with van der Waals surface area (Å²) in [6.07, 6.45) is -4.40. The molecule has 1 unspecified atom stereocenters. The van der Waals surface area contributed by atoms with Gasteiger partial charge in [-0.05, 0) is 42.2 Å². The third kappa shape index (κ3) is 7.80. The van der Waals surface area contributed by atoms with E-state index in [1.807, 2.05) is 49.9 Å². The maximum atomic E-state index is 13.2. The number of nitrogens with zero attached hydrogens (tertiary/aromatic N) is 2. The van der Waals surface area contributed by atoms with Crippen LogP contribution in [0.3, 0.4) is 0 Å². The number of rotatable bonds is 10. The third-order valence-electron chi connectivity index (χ3n) is 5.73. The molecule has 0 spiro atoms. The summed E-state index contributed by atoms with van der Waals surface area (Å²) in [7, 11) is 1.59. The van der Waals surface area contributed by atoms with Gasteiger partial charge in [0.25, 0.3) is 5.91 Å². The molecule has 1 aromatic heterocycles. The molecule has 0 radical (unpaired) electrons. The first-order chi connectivity index (χ1) is 16.5. The largest absolute Gasteiger partial charge is 0.497 e. The molecule has 2 aromatic carbocycles. The number of hydrogen-bond acceptors (Lipinski definition) is 5. The summed E-state index contributed by atoms with van der Waals surface area (Å²) >= 11 is 1.36. The summed E-state index contributed by atoms with van der Waals surface area (Å²) in [6.45, 7) is 7.18. The summed E-state index contributed by atoms with van der Waals surface area (Å²) in [5.74, 6) is 0.794. The van der Waals surface area contributed by atoms with E-state index in [2.05, 4.69) is 10.3 Å². The van der Waals surface area contributed by atoms with Crippen LogP contribution >= 0.6 is 11.3 Å². The number of nitrogens with one attached hydrogen (secondary N) is 1. The molecular formula is C26H30F3N3O2S. The lowest BCUT2D eigenvalue weighted by atomic mass is 10.1. The van der Waals surface area contributed by atoms with Crippen LogP contribution in [0, 0.1) is 5.92 Å². The van der Waals surface area contributed by atoms with Crippen LogP contribution in [0.5, 0.6) is 5.75 Å². The Bertz CT molecular complexity index is 1110. The van der Waals surface area contributed by atoms with Gasteiger partial charge < -0.3 is 10.1 Å². The van der Waals surface area contributed by atoms with Gasteiger partial charge in [-0.1, -0.05) is 44.2 Å². The van der Waals surface area contributed by atoms with Crippen LogP contribution in [0.4, 0.5) is 13.2 Å². The quantitative estimate of drug-likeness (QED) is 0.359. The lowest BCUT2D eigenvalue weighted by molar-refractivity contribution is -0.137. The van der Waals surface area contributed by atoms with Crippen molar-refractivity contribution in [2.75, 3.05) is 7.11 Å². The van der Waals surface area contributed by atoms with Gasteiger partial charge in [-0.3, -0.25) is 9.69 Å². The maximum absolute atomic E-state index is 13.2. The minimum atomic E-state index is -4.40. The summed E-state index contributed by atoms with van der Waals surface area (Å²) in [5.41, 5.74) is 1.21. The topological polar surface area (TPSA) is 54.5 Å². The van der Waals surface area contributed by atoms with Crippen LogP contribution in [-0.4, -0.2) is 28.9 Å². The minimum absolute atomic E-state index is 0.0140. The van der Waals surface area contributed by atoms with Crippen LogP contribution in [0.15, 0.2) is 53.9 Å². The second-order valence-electron chi connectivity index (χ2n) is 8.82. The number of thiazole rings is 1. The first kappa shape index (κ1) is 26.7. The van der Waals surface area contributed by atoms with E-state index >= 15 is 0 Å². The highest BCUT2D eigenvalue weighted by atomic mass is 32.1. The van der Waals surface area contributed by atoms with E-state index < -0.39 is 11.7 Å². The van der Waals surface area contributed by atoms with Crippen molar-refractivity contribution < 1.29 is 22.7 Å². The van der Waals surface area contributed by atoms with Crippen molar-refractivity contribution >= 4 is 17.2 Å². The van der Waals surface area contributed by atoms with Gasteiger partial charge in [-0.2, -0.15) is 13.2 Å². The Balaban J connectivity index is 1.79. The molecule has 0 fully saturated rings. The SMILES string of the molecule is COc1ccc(CN(Cc2cccc(C(F)(F)F)c2)Cc2nc(C(=O)NC(C)C(C)C)cs2)cc1. The molecule has 0 aliphatic heterocycles. The fourth-order valence-electron chi connectivity index (χ4n) is 3.39. The Morgan fingerprint density at radius 3 is 2.37 bits per heavy atom. The number of halogens is 3. The van der Waals surface area contributed by atoms with Crippen molar-refractivity contribution in [3.63, 3.8) is 0 Å². The molecule has 1 N–H and O–H groups in total. The Hall–Kier alpha value is -2.91. The highest BCUT2D eigenvalue weighted by Gasteiger charge is 2.30. The van der Waals surface area contributed by atoms with Gasteiger partial charge in [0.05, 0.1) is 19.2 Å². The molecule has 0 bridgehead atoms. The number of carbonyl (C=O) groups is 1. The van der Waals surface area contributed by atoms with Crippen LogP contribution in [-0.2, 0) is 25.8 Å². The Labute approximate surface area is 208 Å². The van der Waals surface area contributed by atoms with Gasteiger partial charge in [-0.15, -0.1) is 11.3 Å². The van der Waals surface area contributed by atoms with E-state index in [4.69, 9.17) is 4.74 Å². The van der Waals surface area contributed by atoms with Crippen molar-refractivity contribution in [1.29, 1.82) is 0 Å². The monoisotopic (exact) mass is 505 g/mol. The first-order valence-corrected chi connectivity index (χ1v) is 12.2. The van der Waals surface area contributed by atoms with Gasteiger partial charge in [-0.25, -0.2) is 4.98 Å². The van der Waals surface area contributed by atoms with E-state index in [0.29, 0.717) is 41.8 Å². The second kappa shape index (κ2) is 11.7. The van der Waals surface area contributed by atoms with E-state index in [0.717, 1.165) is 17.4 Å². The summed E-state index contributed by atoms with van der Waals surface area (Å²) in [4.78, 5) is 19.0. The molecule has 3 rings (SSSR count). The average Bonchev–Trinajstić information content (AvgIpc) is 3.27. The number of benzene rings is 2. The van der Waals surface area contributed by atoms with Crippen LogP contribution in [0.2, 0.25) is 0 Å². The normalized spacial score (nSPS) is 12.7. The van der Waals surface area contributed by atoms with E-state index in [-0.39, 0.29) is 11.9 Å². The standard InChI is InChI=1S/C26H30F3N3O2S/c1-17(2)18(3)30-25(33)23-16-35-24(31-23)15-32(13-19-8-10-22(34-4)11-9-19)14-20-6-5-7-21(12-20)26(27,28)29/h5-12,16-18H,13-15H2,1-4H3,(H,30,33). The summed E-state index contributed by atoms with van der Waals surface area (Å²) in [6, 6.07) is 12.9. The molecule has 1 atom stereocenters. The molecule has 0 aliphatic carbocycles. The number of ether oxygens (including phenoxy) is 1. The Morgan fingerprint density at radius 1 is 1.06 bits per heavy atom. The van der Waals surface area contributed by atoms with Crippen molar-refractivity contribution in [2.45, 2.75) is 52.6 Å². The van der Waals surface area contributed by atoms with Crippen LogP contribution in [0.25, 0.3) is 0 Å². The highest BCUT2D eigenvalue weighted by molar-refractivity contribution is 7.09. The van der Waals surface area contributed by atoms with Crippen molar-refractivity contribution in [1.82, 2.24) is 15.2 Å². The van der Waals surface area contributed by atoms with Crippen LogP contribution in [0.1, 0.15) is 53.0 Å². The molecule has 1 amide bonds. The molecule has 0 aliphatic rings. The molecule has 5 nitrogen and oxygen atoms in total. The third-order valence-corrected chi connectivity index (χ3v) is 6.56. The van der Waals surface area contributed by atoms with E-state index in [9.17, 15) is 18.0 Å². The number of aromatic nitrogens is 1. The predicted octanol–water partition coefficient (Wildman–Crippen LogP) is 6.15. The molecule has 0 saturated carbocycles. The number of methoxy groups -OCH3 is 1. The maximum Gasteiger partial charge on any atom is 0.416 e. The lowest BCUT2D eigenvalue weighted by Gasteiger charge is -2.22. The molecule has 3 aromatic rings. The second-order valence-corrected chi connectivity index (χ2v) is 9.77. The Kier molecular flexibility index (Phi) is 8.91. The first-order valence-electron chi connectivity index (χ1n) is 11.3. The summed E-state index contributed by atoms with van der Waals surface area (Å²) in [5, 5.41) is 5.38. The molecule has 9 heteroatoms. The van der Waals surface area contributed by atoms with Crippen molar-refractivity contribution in [3.05, 3.63) is 81.3 Å². The number of amides is 1. The minimum Gasteiger partial charge on any atom is -0.497 e. The summed E-state index contributed by atoms with van der Waals surface area (Å²) < 4.78 is 44.9. The van der Waals surface area contributed by atoms with Gasteiger partial charge in [0.2, 0.25) is 0 Å². The zero-order chi connectivity index (χ0) is 25.6. The number of hydrogen-bond donors (Lipinski definition) is 1. The highest BCUT2D eigenvalue weighted by Crippen LogP contribution is 2.30. The molecule has 1 heterocycles. The number of alkyl halides is 3. The van der Waals surface area contributed by atoms with E-state index in [1.54, 1.807) is 18.6 Å². The van der Waals surface area contributed by atoms with Gasteiger partial charge in [0.15, 0.2) is 0 Å². The van der Waals surface area contributed by atoms with Crippen LogP contribution < -0.4 is 10.1 Å². The lowest BCUT2D eigenvalue weighted by Crippen LogP contribution is -2.36. The number of carbonyl (C=O) groups excluding carboxylic acids is 1. The van der Waals surface area contributed by atoms with E-state index in [1.165, 1.54) is 23.5 Å². The Morgan fingerprint density at radius 2 is 1.74 bits per heavy atom. The molecule has 0 saturated heterocycles. The van der Waals surface area contributed by atoms with Gasteiger partial charge in [0, 0.05) is 24.5 Å². The average molecular weight is 506 g/mol.